The van der Waals surface area contributed by atoms with Gasteiger partial charge in [0.2, 0.25) is 5.91 Å². The molecule has 0 saturated heterocycles. The van der Waals surface area contributed by atoms with Gasteiger partial charge in [0.05, 0.1) is 29.8 Å². The van der Waals surface area contributed by atoms with Crippen molar-refractivity contribution in [2.24, 2.45) is 0 Å². The summed E-state index contributed by atoms with van der Waals surface area (Å²) in [5.74, 6) is -0.288. The van der Waals surface area contributed by atoms with Gasteiger partial charge in [-0.25, -0.2) is 4.68 Å². The fraction of sp³-hybridized carbons (Fsp3) is 0.150. The molecule has 27 heavy (non-hydrogen) atoms. The zero-order chi connectivity index (χ0) is 18.6. The molecule has 2 heterocycles. The van der Waals surface area contributed by atoms with Crippen LogP contribution >= 0.6 is 0 Å². The fourth-order valence-corrected chi connectivity index (χ4v) is 2.95. The zero-order valence-electron chi connectivity index (χ0n) is 14.6. The van der Waals surface area contributed by atoms with Crippen molar-refractivity contribution in [3.63, 3.8) is 0 Å². The van der Waals surface area contributed by atoms with Crippen LogP contribution in [-0.2, 0) is 11.2 Å². The van der Waals surface area contributed by atoms with Gasteiger partial charge < -0.3 is 16.0 Å². The van der Waals surface area contributed by atoms with E-state index in [1.807, 2.05) is 41.2 Å². The van der Waals surface area contributed by atoms with Gasteiger partial charge in [0.1, 0.15) is 0 Å². The van der Waals surface area contributed by atoms with Crippen molar-refractivity contribution in [1.29, 1.82) is 0 Å². The minimum Gasteiger partial charge on any atom is -0.374 e. The van der Waals surface area contributed by atoms with Gasteiger partial charge in [-0.05, 0) is 42.3 Å². The number of anilines is 2. The average molecular weight is 361 g/mol. The number of nitrogens with one attached hydrogen (secondary N) is 3. The number of hydrogen-bond donors (Lipinski definition) is 3. The van der Waals surface area contributed by atoms with Crippen molar-refractivity contribution in [2.75, 3.05) is 23.7 Å². The van der Waals surface area contributed by atoms with Crippen LogP contribution in [0, 0.1) is 0 Å². The first-order valence-electron chi connectivity index (χ1n) is 8.74. The number of nitrogens with zero attached hydrogens (tertiary/aromatic N) is 2. The molecule has 2 amide bonds. The first-order valence-corrected chi connectivity index (χ1v) is 8.74. The van der Waals surface area contributed by atoms with E-state index < -0.39 is 0 Å². The number of rotatable bonds is 5. The van der Waals surface area contributed by atoms with Gasteiger partial charge in [-0.1, -0.05) is 18.2 Å². The maximum Gasteiger partial charge on any atom is 0.251 e. The van der Waals surface area contributed by atoms with Crippen LogP contribution in [0.5, 0.6) is 0 Å². The van der Waals surface area contributed by atoms with E-state index in [0.717, 1.165) is 16.9 Å². The Bertz CT molecular complexity index is 981. The van der Waals surface area contributed by atoms with Gasteiger partial charge in [-0.15, -0.1) is 0 Å². The predicted octanol–water partition coefficient (Wildman–Crippen LogP) is 2.21. The first-order chi connectivity index (χ1) is 13.2. The summed E-state index contributed by atoms with van der Waals surface area (Å²) < 4.78 is 1.82. The minimum atomic E-state index is -0.173. The van der Waals surface area contributed by atoms with Crippen molar-refractivity contribution in [1.82, 2.24) is 15.1 Å². The highest BCUT2D eigenvalue weighted by atomic mass is 16.2. The fourth-order valence-electron chi connectivity index (χ4n) is 2.95. The second kappa shape index (κ2) is 7.33. The summed E-state index contributed by atoms with van der Waals surface area (Å²) >= 11 is 0. The third-order valence-corrected chi connectivity index (χ3v) is 4.35. The molecule has 1 aromatic heterocycles. The van der Waals surface area contributed by atoms with Crippen molar-refractivity contribution in [3.8, 4) is 5.69 Å². The van der Waals surface area contributed by atoms with Crippen molar-refractivity contribution < 1.29 is 9.59 Å². The molecule has 0 fully saturated rings. The van der Waals surface area contributed by atoms with Crippen LogP contribution in [-0.4, -0.2) is 34.7 Å². The van der Waals surface area contributed by atoms with E-state index in [2.05, 4.69) is 21.0 Å². The van der Waals surface area contributed by atoms with E-state index >= 15 is 0 Å². The standard InChI is InChI=1S/C20H19N5O2/c26-19-12-22-17-7-6-15(10-18(17)24-19)20(27)21-9-8-14-11-23-25(13-14)16-4-2-1-3-5-16/h1-7,10-11,13,22H,8-9,12H2,(H,21,27)(H,24,26). The Balaban J connectivity index is 1.34. The third-order valence-electron chi connectivity index (χ3n) is 4.35. The Morgan fingerprint density at radius 2 is 2.00 bits per heavy atom. The molecule has 0 aliphatic carbocycles. The molecule has 136 valence electrons. The van der Waals surface area contributed by atoms with E-state index in [0.29, 0.717) is 24.2 Å². The molecule has 2 aromatic carbocycles. The van der Waals surface area contributed by atoms with Crippen LogP contribution in [0.25, 0.3) is 5.69 Å². The summed E-state index contributed by atoms with van der Waals surface area (Å²) in [6.07, 6.45) is 4.45. The molecule has 4 rings (SSSR count). The van der Waals surface area contributed by atoms with E-state index in [-0.39, 0.29) is 18.4 Å². The molecule has 7 heteroatoms. The predicted molar refractivity (Wildman–Crippen MR) is 103 cm³/mol. The number of carbonyl (C=O) groups is 2. The highest BCUT2D eigenvalue weighted by Gasteiger charge is 2.16. The van der Waals surface area contributed by atoms with Gasteiger partial charge in [-0.3, -0.25) is 9.59 Å². The van der Waals surface area contributed by atoms with Gasteiger partial charge in [-0.2, -0.15) is 5.10 Å². The highest BCUT2D eigenvalue weighted by molar-refractivity contribution is 6.03. The van der Waals surface area contributed by atoms with Crippen LogP contribution in [0.4, 0.5) is 11.4 Å². The monoisotopic (exact) mass is 361 g/mol. The molecule has 0 saturated carbocycles. The normalized spacial score (nSPS) is 12.7. The molecule has 7 nitrogen and oxygen atoms in total. The van der Waals surface area contributed by atoms with Crippen molar-refractivity contribution in [3.05, 3.63) is 72.1 Å². The quantitative estimate of drug-likeness (QED) is 0.650. The van der Waals surface area contributed by atoms with Crippen LogP contribution < -0.4 is 16.0 Å². The molecular formula is C20H19N5O2. The topological polar surface area (TPSA) is 88.1 Å². The van der Waals surface area contributed by atoms with Crippen molar-refractivity contribution >= 4 is 23.2 Å². The zero-order valence-corrected chi connectivity index (χ0v) is 14.6. The van der Waals surface area contributed by atoms with E-state index in [1.54, 1.807) is 24.4 Å². The maximum absolute atomic E-state index is 12.4. The van der Waals surface area contributed by atoms with Crippen LogP contribution in [0.3, 0.4) is 0 Å². The van der Waals surface area contributed by atoms with E-state index in [9.17, 15) is 9.59 Å². The van der Waals surface area contributed by atoms with Crippen molar-refractivity contribution in [2.45, 2.75) is 6.42 Å². The number of para-hydroxylation sites is 1. The Kier molecular flexibility index (Phi) is 4.57. The third kappa shape index (κ3) is 3.82. The number of hydrogen-bond acceptors (Lipinski definition) is 4. The number of amides is 2. The summed E-state index contributed by atoms with van der Waals surface area (Å²) in [5, 5.41) is 13.0. The lowest BCUT2D eigenvalue weighted by Gasteiger charge is -2.19. The number of carbonyl (C=O) groups excluding carboxylic acids is 2. The molecule has 0 spiro atoms. The van der Waals surface area contributed by atoms with E-state index in [1.165, 1.54) is 0 Å². The Hall–Kier alpha value is -3.61. The SMILES string of the molecule is O=C1CNc2ccc(C(=O)NCCc3cnn(-c4ccccc4)c3)cc2N1. The average Bonchev–Trinajstić information content (AvgIpc) is 3.17. The Morgan fingerprint density at radius 3 is 2.85 bits per heavy atom. The number of aromatic nitrogens is 2. The molecule has 1 aliphatic heterocycles. The second-order valence-electron chi connectivity index (χ2n) is 6.30. The Morgan fingerprint density at radius 1 is 1.15 bits per heavy atom. The minimum absolute atomic E-state index is 0.115. The smallest absolute Gasteiger partial charge is 0.251 e. The lowest BCUT2D eigenvalue weighted by Crippen LogP contribution is -2.29. The van der Waals surface area contributed by atoms with Gasteiger partial charge >= 0.3 is 0 Å². The molecule has 3 N–H and O–H groups in total. The highest BCUT2D eigenvalue weighted by Crippen LogP contribution is 2.25. The molecule has 3 aromatic rings. The molecular weight excluding hydrogens is 342 g/mol. The van der Waals surface area contributed by atoms with Crippen LogP contribution in [0.1, 0.15) is 15.9 Å². The Labute approximate surface area is 156 Å². The number of fused-ring (bicyclic) bond motifs is 1. The first kappa shape index (κ1) is 16.8. The van der Waals surface area contributed by atoms with Crippen LogP contribution in [0.2, 0.25) is 0 Å². The number of benzene rings is 2. The van der Waals surface area contributed by atoms with E-state index in [4.69, 9.17) is 0 Å². The van der Waals surface area contributed by atoms with Crippen LogP contribution in [0.15, 0.2) is 60.9 Å². The van der Waals surface area contributed by atoms with Gasteiger partial charge in [0.25, 0.3) is 5.91 Å². The molecule has 0 radical (unpaired) electrons. The lowest BCUT2D eigenvalue weighted by atomic mass is 10.1. The molecule has 0 unspecified atom stereocenters. The molecule has 0 atom stereocenters. The largest absolute Gasteiger partial charge is 0.374 e. The van der Waals surface area contributed by atoms with Gasteiger partial charge in [0.15, 0.2) is 0 Å². The summed E-state index contributed by atoms with van der Waals surface area (Å²) in [6.45, 7) is 0.746. The summed E-state index contributed by atoms with van der Waals surface area (Å²) in [6, 6.07) is 15.1. The maximum atomic E-state index is 12.4. The lowest BCUT2D eigenvalue weighted by molar-refractivity contribution is -0.114. The summed E-state index contributed by atoms with van der Waals surface area (Å²) in [4.78, 5) is 23.8. The summed E-state index contributed by atoms with van der Waals surface area (Å²) in [7, 11) is 0. The summed E-state index contributed by atoms with van der Waals surface area (Å²) in [5.41, 5.74) is 4.00. The molecule has 1 aliphatic rings. The second-order valence-corrected chi connectivity index (χ2v) is 6.30. The molecule has 0 bridgehead atoms. The van der Waals surface area contributed by atoms with Gasteiger partial charge in [0, 0.05) is 18.3 Å².